The number of anilines is 1. The molecule has 0 saturated heterocycles. The normalized spacial score (nSPS) is 14.6. The van der Waals surface area contributed by atoms with E-state index in [2.05, 4.69) is 20.2 Å². The van der Waals surface area contributed by atoms with Crippen molar-refractivity contribution in [2.45, 2.75) is 18.1 Å². The molecule has 9 heteroatoms. The predicted molar refractivity (Wildman–Crippen MR) is 95.7 cm³/mol. The van der Waals surface area contributed by atoms with E-state index in [1.165, 1.54) is 0 Å². The van der Waals surface area contributed by atoms with E-state index < -0.39 is 11.8 Å². The molecule has 8 nitrogen and oxygen atoms in total. The number of benzene rings is 1. The first-order valence-corrected chi connectivity index (χ1v) is 9.35. The van der Waals surface area contributed by atoms with Gasteiger partial charge in [-0.25, -0.2) is 4.98 Å². The molecule has 0 unspecified atom stereocenters. The van der Waals surface area contributed by atoms with Crippen LogP contribution in [0.15, 0.2) is 29.6 Å². The number of rotatable bonds is 4. The number of hydrogen-bond donors (Lipinski definition) is 2. The molecule has 26 heavy (non-hydrogen) atoms. The second-order valence-electron chi connectivity index (χ2n) is 5.88. The van der Waals surface area contributed by atoms with Gasteiger partial charge in [0.05, 0.1) is 5.69 Å². The number of nitrogens with zero attached hydrogens (tertiary/aromatic N) is 2. The van der Waals surface area contributed by atoms with Gasteiger partial charge in [-0.3, -0.25) is 9.59 Å². The summed E-state index contributed by atoms with van der Waals surface area (Å²) in [5.74, 6) is 0.842. The van der Waals surface area contributed by atoms with Crippen molar-refractivity contribution in [2.75, 3.05) is 30.8 Å². The van der Waals surface area contributed by atoms with Crippen molar-refractivity contribution >= 4 is 29.3 Å². The molecular weight excluding hydrogens is 356 g/mol. The highest BCUT2D eigenvalue weighted by Gasteiger charge is 2.17. The third kappa shape index (κ3) is 3.62. The van der Waals surface area contributed by atoms with Crippen LogP contribution < -0.4 is 20.1 Å². The maximum Gasteiger partial charge on any atom is 0.313 e. The fourth-order valence-electron chi connectivity index (χ4n) is 2.78. The zero-order valence-corrected chi connectivity index (χ0v) is 14.8. The Morgan fingerprint density at radius 2 is 2.04 bits per heavy atom. The van der Waals surface area contributed by atoms with Crippen molar-refractivity contribution in [3.8, 4) is 11.5 Å². The first kappa shape index (κ1) is 16.8. The van der Waals surface area contributed by atoms with Crippen molar-refractivity contribution in [1.82, 2.24) is 14.9 Å². The SMILES string of the molecule is O=C(NCCc1cn2c(n1)SCC2)C(=O)Nc1ccc2c(c1)OCCO2. The molecular formula is C17H18N4O4S. The summed E-state index contributed by atoms with van der Waals surface area (Å²) in [6.45, 7) is 2.28. The average Bonchev–Trinajstić information content (AvgIpc) is 3.23. The van der Waals surface area contributed by atoms with Crippen molar-refractivity contribution < 1.29 is 19.1 Å². The number of nitrogens with one attached hydrogen (secondary N) is 2. The Kier molecular flexibility index (Phi) is 4.70. The molecule has 0 aliphatic carbocycles. The van der Waals surface area contributed by atoms with Crippen molar-refractivity contribution in [3.63, 3.8) is 0 Å². The van der Waals surface area contributed by atoms with Gasteiger partial charge in [0, 0.05) is 43.2 Å². The molecule has 0 bridgehead atoms. The lowest BCUT2D eigenvalue weighted by molar-refractivity contribution is -0.136. The second kappa shape index (κ2) is 7.28. The highest BCUT2D eigenvalue weighted by Crippen LogP contribution is 2.32. The van der Waals surface area contributed by atoms with Gasteiger partial charge in [0.2, 0.25) is 0 Å². The summed E-state index contributed by atoms with van der Waals surface area (Å²) < 4.78 is 13.0. The number of hydrogen-bond acceptors (Lipinski definition) is 6. The Morgan fingerprint density at radius 1 is 1.19 bits per heavy atom. The van der Waals surface area contributed by atoms with E-state index in [-0.39, 0.29) is 0 Å². The fourth-order valence-corrected chi connectivity index (χ4v) is 3.74. The number of ether oxygens (including phenoxy) is 2. The summed E-state index contributed by atoms with van der Waals surface area (Å²) >= 11 is 1.73. The van der Waals surface area contributed by atoms with Crippen LogP contribution in [0.1, 0.15) is 5.69 Å². The monoisotopic (exact) mass is 374 g/mol. The van der Waals surface area contributed by atoms with Crippen LogP contribution in [0, 0.1) is 0 Å². The molecule has 0 saturated carbocycles. The van der Waals surface area contributed by atoms with Crippen LogP contribution in [0.3, 0.4) is 0 Å². The van der Waals surface area contributed by atoms with Gasteiger partial charge in [0.15, 0.2) is 16.7 Å². The molecule has 1 aromatic heterocycles. The minimum atomic E-state index is -0.718. The molecule has 0 atom stereocenters. The van der Waals surface area contributed by atoms with Crippen LogP contribution in [-0.4, -0.2) is 46.9 Å². The van der Waals surface area contributed by atoms with Gasteiger partial charge in [-0.2, -0.15) is 0 Å². The Balaban J connectivity index is 1.27. The van der Waals surface area contributed by atoms with Gasteiger partial charge in [-0.1, -0.05) is 11.8 Å². The lowest BCUT2D eigenvalue weighted by Gasteiger charge is -2.18. The van der Waals surface area contributed by atoms with Gasteiger partial charge in [0.1, 0.15) is 13.2 Å². The first-order chi connectivity index (χ1) is 12.7. The molecule has 2 aliphatic rings. The predicted octanol–water partition coefficient (Wildman–Crippen LogP) is 1.06. The second-order valence-corrected chi connectivity index (χ2v) is 6.94. The average molecular weight is 374 g/mol. The molecule has 2 aliphatic heterocycles. The molecule has 0 spiro atoms. The Labute approximate surface area is 154 Å². The van der Waals surface area contributed by atoms with Crippen molar-refractivity contribution in [3.05, 3.63) is 30.1 Å². The zero-order chi connectivity index (χ0) is 17.9. The summed E-state index contributed by atoms with van der Waals surface area (Å²) in [4.78, 5) is 28.5. The maximum atomic E-state index is 12.0. The van der Waals surface area contributed by atoms with Gasteiger partial charge in [-0.05, 0) is 12.1 Å². The van der Waals surface area contributed by atoms with E-state index in [4.69, 9.17) is 9.47 Å². The van der Waals surface area contributed by atoms with Gasteiger partial charge >= 0.3 is 11.8 Å². The van der Waals surface area contributed by atoms with E-state index in [0.29, 0.717) is 43.4 Å². The van der Waals surface area contributed by atoms with E-state index in [9.17, 15) is 9.59 Å². The first-order valence-electron chi connectivity index (χ1n) is 8.37. The number of aromatic nitrogens is 2. The van der Waals surface area contributed by atoms with Crippen molar-refractivity contribution in [1.29, 1.82) is 0 Å². The maximum absolute atomic E-state index is 12.0. The van der Waals surface area contributed by atoms with Gasteiger partial charge in [0.25, 0.3) is 0 Å². The van der Waals surface area contributed by atoms with Gasteiger partial charge < -0.3 is 24.7 Å². The summed E-state index contributed by atoms with van der Waals surface area (Å²) in [5, 5.41) is 6.19. The highest BCUT2D eigenvalue weighted by molar-refractivity contribution is 7.99. The van der Waals surface area contributed by atoms with Crippen LogP contribution in [0.5, 0.6) is 11.5 Å². The molecule has 4 rings (SSSR count). The van der Waals surface area contributed by atoms with E-state index in [1.807, 2.05) is 6.20 Å². The van der Waals surface area contributed by atoms with E-state index >= 15 is 0 Å². The minimum absolute atomic E-state index is 0.356. The lowest BCUT2D eigenvalue weighted by Crippen LogP contribution is -2.36. The largest absolute Gasteiger partial charge is 0.486 e. The molecule has 0 radical (unpaired) electrons. The van der Waals surface area contributed by atoms with Crippen molar-refractivity contribution in [2.24, 2.45) is 0 Å². The smallest absolute Gasteiger partial charge is 0.313 e. The summed E-state index contributed by atoms with van der Waals surface area (Å²) in [6, 6.07) is 5.02. The Hall–Kier alpha value is -2.68. The number of thioether (sulfide) groups is 1. The zero-order valence-electron chi connectivity index (χ0n) is 14.0. The highest BCUT2D eigenvalue weighted by atomic mass is 32.2. The Bertz CT molecular complexity index is 830. The number of imidazole rings is 1. The van der Waals surface area contributed by atoms with E-state index in [0.717, 1.165) is 23.1 Å². The lowest BCUT2D eigenvalue weighted by atomic mass is 10.2. The number of carbonyl (C=O) groups excluding carboxylic acids is 2. The molecule has 1 aromatic carbocycles. The third-order valence-electron chi connectivity index (χ3n) is 4.03. The Morgan fingerprint density at radius 3 is 2.88 bits per heavy atom. The summed E-state index contributed by atoms with van der Waals surface area (Å²) in [6.07, 6.45) is 2.58. The molecule has 2 aromatic rings. The molecule has 2 amide bonds. The molecule has 2 N–H and O–H groups in total. The summed E-state index contributed by atoms with van der Waals surface area (Å²) in [5.41, 5.74) is 1.40. The van der Waals surface area contributed by atoms with Crippen LogP contribution in [-0.2, 0) is 22.6 Å². The molecule has 136 valence electrons. The summed E-state index contributed by atoms with van der Waals surface area (Å²) in [7, 11) is 0. The number of amides is 2. The standard InChI is InChI=1S/C17H18N4O4S/c22-15(18-4-3-12-10-21-5-8-26-17(21)20-12)16(23)19-11-1-2-13-14(9-11)25-7-6-24-13/h1-2,9-10H,3-8H2,(H,18,22)(H,19,23). The quantitative estimate of drug-likeness (QED) is 0.777. The molecule has 3 heterocycles. The van der Waals surface area contributed by atoms with Crippen LogP contribution in [0.25, 0.3) is 0 Å². The van der Waals surface area contributed by atoms with Crippen LogP contribution in [0.4, 0.5) is 5.69 Å². The van der Waals surface area contributed by atoms with E-state index in [1.54, 1.807) is 30.0 Å². The number of aryl methyl sites for hydroxylation is 1. The number of carbonyl (C=O) groups is 2. The topological polar surface area (TPSA) is 94.5 Å². The van der Waals surface area contributed by atoms with Crippen LogP contribution >= 0.6 is 11.8 Å². The van der Waals surface area contributed by atoms with Crippen LogP contribution in [0.2, 0.25) is 0 Å². The minimum Gasteiger partial charge on any atom is -0.486 e. The van der Waals surface area contributed by atoms with Gasteiger partial charge in [-0.15, -0.1) is 0 Å². The number of fused-ring (bicyclic) bond motifs is 2. The fraction of sp³-hybridized carbons (Fsp3) is 0.353. The third-order valence-corrected chi connectivity index (χ3v) is 5.00. The molecule has 0 fully saturated rings.